The quantitative estimate of drug-likeness (QED) is 0.635. The van der Waals surface area contributed by atoms with E-state index in [4.69, 9.17) is 5.11 Å². The Bertz CT molecular complexity index is 392. The third-order valence-corrected chi connectivity index (χ3v) is 2.81. The van der Waals surface area contributed by atoms with Crippen molar-refractivity contribution in [3.63, 3.8) is 0 Å². The lowest BCUT2D eigenvalue weighted by molar-refractivity contribution is -0.145. The second-order valence-electron chi connectivity index (χ2n) is 2.89. The molecule has 15 heavy (non-hydrogen) atoms. The summed E-state index contributed by atoms with van der Waals surface area (Å²) in [5.41, 5.74) is 0.813. The summed E-state index contributed by atoms with van der Waals surface area (Å²) >= 11 is 0.612. The number of thioether (sulfide) groups is 1. The fourth-order valence-corrected chi connectivity index (χ4v) is 1.73. The molecule has 0 aliphatic carbocycles. The number of hydrogen-bond acceptors (Lipinski definition) is 3. The zero-order valence-electron chi connectivity index (χ0n) is 7.94. The first kappa shape index (κ1) is 11.7. The topological polar surface area (TPSA) is 54.4 Å². The summed E-state index contributed by atoms with van der Waals surface area (Å²) in [6.07, 6.45) is -2.46. The van der Waals surface area contributed by atoms with Crippen LogP contribution in [0, 0.1) is 6.92 Å². The van der Waals surface area contributed by atoms with Crippen molar-refractivity contribution < 1.29 is 19.1 Å². The van der Waals surface area contributed by atoms with Crippen molar-refractivity contribution in [1.82, 2.24) is 0 Å². The standard InChI is InChI=1S/C10H9FO3S/c1-6-4-2-3-5-7(6)15-10(14)8(11)9(12)13/h2-5,8H,1H3,(H,12,13). The molecule has 3 nitrogen and oxygen atoms in total. The summed E-state index contributed by atoms with van der Waals surface area (Å²) in [6.45, 7) is 1.77. The van der Waals surface area contributed by atoms with E-state index in [9.17, 15) is 14.0 Å². The lowest BCUT2D eigenvalue weighted by Crippen LogP contribution is -2.22. The summed E-state index contributed by atoms with van der Waals surface area (Å²) in [7, 11) is 0. The van der Waals surface area contributed by atoms with Crippen LogP contribution in [-0.2, 0) is 9.59 Å². The third-order valence-electron chi connectivity index (χ3n) is 1.73. The summed E-state index contributed by atoms with van der Waals surface area (Å²) in [5.74, 6) is -1.75. The van der Waals surface area contributed by atoms with Gasteiger partial charge in [-0.2, -0.15) is 0 Å². The molecule has 5 heteroatoms. The van der Waals surface area contributed by atoms with Crippen LogP contribution in [0.3, 0.4) is 0 Å². The van der Waals surface area contributed by atoms with E-state index in [0.29, 0.717) is 16.7 Å². The molecule has 0 bridgehead atoms. The Hall–Kier alpha value is -1.36. The van der Waals surface area contributed by atoms with Gasteiger partial charge in [-0.3, -0.25) is 4.79 Å². The van der Waals surface area contributed by atoms with E-state index in [1.807, 2.05) is 0 Å². The van der Waals surface area contributed by atoms with Gasteiger partial charge in [0.05, 0.1) is 0 Å². The first-order chi connectivity index (χ1) is 7.02. The zero-order chi connectivity index (χ0) is 11.4. The molecule has 0 radical (unpaired) electrons. The van der Waals surface area contributed by atoms with Crippen molar-refractivity contribution in [2.24, 2.45) is 0 Å². The number of carboxylic acids is 1. The Kier molecular flexibility index (Phi) is 3.85. The molecule has 1 N–H and O–H groups in total. The van der Waals surface area contributed by atoms with Crippen molar-refractivity contribution in [2.75, 3.05) is 0 Å². The summed E-state index contributed by atoms with van der Waals surface area (Å²) in [5, 5.41) is 7.29. The number of hydrogen-bond donors (Lipinski definition) is 1. The first-order valence-corrected chi connectivity index (χ1v) is 4.98. The SMILES string of the molecule is Cc1ccccc1SC(=O)C(F)C(=O)O. The highest BCUT2D eigenvalue weighted by Crippen LogP contribution is 2.24. The van der Waals surface area contributed by atoms with E-state index < -0.39 is 17.3 Å². The molecule has 0 aromatic heterocycles. The van der Waals surface area contributed by atoms with Crippen molar-refractivity contribution in [1.29, 1.82) is 0 Å². The highest BCUT2D eigenvalue weighted by atomic mass is 32.2. The maximum atomic E-state index is 12.8. The Balaban J connectivity index is 2.75. The molecule has 0 saturated heterocycles. The van der Waals surface area contributed by atoms with Crippen molar-refractivity contribution in [3.8, 4) is 0 Å². The van der Waals surface area contributed by atoms with E-state index in [1.165, 1.54) is 0 Å². The second kappa shape index (κ2) is 4.93. The number of halogens is 1. The normalized spacial score (nSPS) is 12.1. The molecule has 80 valence electrons. The van der Waals surface area contributed by atoms with Gasteiger partial charge in [0, 0.05) is 4.90 Å². The molecule has 1 atom stereocenters. The second-order valence-corrected chi connectivity index (χ2v) is 3.93. The number of aryl methyl sites for hydroxylation is 1. The number of carboxylic acid groups (broad SMARTS) is 1. The van der Waals surface area contributed by atoms with Crippen LogP contribution in [0.25, 0.3) is 0 Å². The highest BCUT2D eigenvalue weighted by molar-refractivity contribution is 8.13. The van der Waals surface area contributed by atoms with Gasteiger partial charge >= 0.3 is 5.97 Å². The Morgan fingerprint density at radius 3 is 2.53 bits per heavy atom. The summed E-state index contributed by atoms with van der Waals surface area (Å²) < 4.78 is 12.8. The van der Waals surface area contributed by atoms with E-state index in [-0.39, 0.29) is 0 Å². The average Bonchev–Trinajstić information content (AvgIpc) is 2.20. The van der Waals surface area contributed by atoms with Crippen molar-refractivity contribution in [3.05, 3.63) is 29.8 Å². The van der Waals surface area contributed by atoms with E-state index in [2.05, 4.69) is 0 Å². The Morgan fingerprint density at radius 2 is 2.00 bits per heavy atom. The predicted molar refractivity (Wildman–Crippen MR) is 54.6 cm³/mol. The molecule has 1 rings (SSSR count). The fraction of sp³-hybridized carbons (Fsp3) is 0.200. The molecule has 0 fully saturated rings. The maximum Gasteiger partial charge on any atom is 0.347 e. The van der Waals surface area contributed by atoms with E-state index >= 15 is 0 Å². The predicted octanol–water partition coefficient (Wildman–Crippen LogP) is 2.04. The number of aliphatic carboxylic acids is 1. The molecule has 1 aromatic carbocycles. The summed E-state index contributed by atoms with van der Waals surface area (Å²) in [6, 6.07) is 6.90. The van der Waals surface area contributed by atoms with Crippen LogP contribution in [0.2, 0.25) is 0 Å². The van der Waals surface area contributed by atoms with Crippen LogP contribution < -0.4 is 0 Å². The molecular weight excluding hydrogens is 219 g/mol. The smallest absolute Gasteiger partial charge is 0.347 e. The number of benzene rings is 1. The fourth-order valence-electron chi connectivity index (χ4n) is 0.932. The minimum Gasteiger partial charge on any atom is -0.479 e. The number of rotatable bonds is 3. The average molecular weight is 228 g/mol. The van der Waals surface area contributed by atoms with Crippen LogP contribution in [0.4, 0.5) is 4.39 Å². The maximum absolute atomic E-state index is 12.8. The van der Waals surface area contributed by atoms with Crippen molar-refractivity contribution >= 4 is 22.8 Å². The molecule has 0 aliphatic heterocycles. The number of carbonyl (C=O) groups is 2. The van der Waals surface area contributed by atoms with Gasteiger partial charge in [0.2, 0.25) is 5.12 Å². The highest BCUT2D eigenvalue weighted by Gasteiger charge is 2.26. The Morgan fingerprint density at radius 1 is 1.40 bits per heavy atom. The zero-order valence-corrected chi connectivity index (χ0v) is 8.75. The van der Waals surface area contributed by atoms with Gasteiger partial charge in [0.15, 0.2) is 0 Å². The van der Waals surface area contributed by atoms with Crippen LogP contribution >= 0.6 is 11.8 Å². The molecule has 0 amide bonds. The van der Waals surface area contributed by atoms with Gasteiger partial charge in [-0.1, -0.05) is 18.2 Å². The summed E-state index contributed by atoms with van der Waals surface area (Å²) in [4.78, 5) is 21.9. The monoisotopic (exact) mass is 228 g/mol. The molecule has 1 aromatic rings. The number of alkyl halides is 1. The van der Waals surface area contributed by atoms with Crippen LogP contribution in [0.1, 0.15) is 5.56 Å². The van der Waals surface area contributed by atoms with Gasteiger partial charge in [-0.15, -0.1) is 0 Å². The van der Waals surface area contributed by atoms with E-state index in [0.717, 1.165) is 5.56 Å². The minimum atomic E-state index is -2.46. The molecule has 0 saturated carbocycles. The van der Waals surface area contributed by atoms with E-state index in [1.54, 1.807) is 31.2 Å². The lowest BCUT2D eigenvalue weighted by atomic mass is 10.2. The van der Waals surface area contributed by atoms with Crippen molar-refractivity contribution in [2.45, 2.75) is 18.0 Å². The molecular formula is C10H9FO3S. The largest absolute Gasteiger partial charge is 0.479 e. The molecule has 0 heterocycles. The van der Waals surface area contributed by atoms with Crippen LogP contribution in [0.15, 0.2) is 29.2 Å². The minimum absolute atomic E-state index is 0.575. The van der Waals surface area contributed by atoms with Gasteiger partial charge < -0.3 is 5.11 Å². The third kappa shape index (κ3) is 3.06. The lowest BCUT2D eigenvalue weighted by Gasteiger charge is -2.04. The van der Waals surface area contributed by atoms with Crippen LogP contribution in [-0.4, -0.2) is 22.4 Å². The van der Waals surface area contributed by atoms with Gasteiger partial charge in [-0.25, -0.2) is 9.18 Å². The Labute approximate surface area is 90.3 Å². The van der Waals surface area contributed by atoms with Crippen LogP contribution in [0.5, 0.6) is 0 Å². The van der Waals surface area contributed by atoms with Gasteiger partial charge in [0.1, 0.15) is 0 Å². The first-order valence-electron chi connectivity index (χ1n) is 4.16. The van der Waals surface area contributed by atoms with Gasteiger partial charge in [0.25, 0.3) is 6.17 Å². The molecule has 0 aliphatic rings. The molecule has 0 spiro atoms. The molecule has 1 unspecified atom stereocenters. The van der Waals surface area contributed by atoms with Gasteiger partial charge in [-0.05, 0) is 30.3 Å². The number of carbonyl (C=O) groups excluding carboxylic acids is 1.